The molecule has 1 amide bonds. The van der Waals surface area contributed by atoms with Crippen molar-refractivity contribution in [3.05, 3.63) is 23.8 Å². The monoisotopic (exact) mass is 340 g/mol. The number of hydrogen-bond donors (Lipinski definition) is 1. The average molecular weight is 341 g/mol. The minimum absolute atomic E-state index is 0.00997. The lowest BCUT2D eigenvalue weighted by atomic mass is 10.2. The van der Waals surface area contributed by atoms with Crippen LogP contribution in [-0.2, 0) is 4.79 Å². The number of hydrogen-bond acceptors (Lipinski definition) is 3. The maximum absolute atomic E-state index is 12.0. The van der Waals surface area contributed by atoms with E-state index in [2.05, 4.69) is 46.1 Å². The summed E-state index contributed by atoms with van der Waals surface area (Å²) in [6, 6.07) is 6.10. The first kappa shape index (κ1) is 14.5. The lowest BCUT2D eigenvalue weighted by Crippen LogP contribution is -2.22. The maximum atomic E-state index is 12.0. The molecule has 2 rings (SSSR count). The summed E-state index contributed by atoms with van der Waals surface area (Å²) >= 11 is 4.94. The molecule has 0 aliphatic rings. The second-order valence-electron chi connectivity index (χ2n) is 4.59. The van der Waals surface area contributed by atoms with Crippen LogP contribution in [0, 0.1) is 6.92 Å². The molecule has 0 aliphatic carbocycles. The fourth-order valence-electron chi connectivity index (χ4n) is 1.78. The SMILES string of the molecule is CCCCC(Br)C(=O)Nc1nc2ccc(C)cc2s1. The molecule has 102 valence electrons. The van der Waals surface area contributed by atoms with Gasteiger partial charge in [0.2, 0.25) is 5.91 Å². The first-order valence-electron chi connectivity index (χ1n) is 6.42. The van der Waals surface area contributed by atoms with Crippen LogP contribution in [0.25, 0.3) is 10.2 Å². The number of fused-ring (bicyclic) bond motifs is 1. The molecule has 1 aromatic carbocycles. The number of carbonyl (C=O) groups excluding carboxylic acids is 1. The summed E-state index contributed by atoms with van der Waals surface area (Å²) in [6.07, 6.45) is 2.99. The standard InChI is InChI=1S/C14H17BrN2OS/c1-3-4-5-10(15)13(18)17-14-16-11-7-6-9(2)8-12(11)19-14/h6-8,10H,3-5H2,1-2H3,(H,16,17,18). The van der Waals surface area contributed by atoms with Crippen molar-refractivity contribution in [2.24, 2.45) is 0 Å². The Kier molecular flexibility index (Phi) is 4.93. The van der Waals surface area contributed by atoms with Crippen molar-refractivity contribution in [1.29, 1.82) is 0 Å². The van der Waals surface area contributed by atoms with Crippen LogP contribution in [0.3, 0.4) is 0 Å². The van der Waals surface area contributed by atoms with Gasteiger partial charge < -0.3 is 5.32 Å². The number of aromatic nitrogens is 1. The Morgan fingerprint density at radius 3 is 3.05 bits per heavy atom. The molecule has 0 fully saturated rings. The zero-order valence-electron chi connectivity index (χ0n) is 11.1. The van der Waals surface area contributed by atoms with Crippen molar-refractivity contribution in [2.75, 3.05) is 5.32 Å². The summed E-state index contributed by atoms with van der Waals surface area (Å²) in [4.78, 5) is 16.3. The number of nitrogens with zero attached hydrogens (tertiary/aromatic N) is 1. The molecule has 0 aliphatic heterocycles. The van der Waals surface area contributed by atoms with Crippen molar-refractivity contribution in [1.82, 2.24) is 4.98 Å². The molecular formula is C14H17BrN2OS. The van der Waals surface area contributed by atoms with Crippen molar-refractivity contribution in [3.63, 3.8) is 0 Å². The van der Waals surface area contributed by atoms with Crippen LogP contribution < -0.4 is 5.32 Å². The highest BCUT2D eigenvalue weighted by molar-refractivity contribution is 9.10. The van der Waals surface area contributed by atoms with Gasteiger partial charge in [0.25, 0.3) is 0 Å². The van der Waals surface area contributed by atoms with Crippen LogP contribution in [0.5, 0.6) is 0 Å². The highest BCUT2D eigenvalue weighted by Crippen LogP contribution is 2.27. The van der Waals surface area contributed by atoms with Gasteiger partial charge in [-0.2, -0.15) is 0 Å². The third-order valence-corrected chi connectivity index (χ3v) is 4.68. The predicted molar refractivity (Wildman–Crippen MR) is 85.2 cm³/mol. The van der Waals surface area contributed by atoms with Gasteiger partial charge in [0.1, 0.15) is 0 Å². The van der Waals surface area contributed by atoms with Crippen LogP contribution in [0.1, 0.15) is 31.7 Å². The fraction of sp³-hybridized carbons (Fsp3) is 0.429. The van der Waals surface area contributed by atoms with Crippen molar-refractivity contribution >= 4 is 48.5 Å². The number of anilines is 1. The normalized spacial score (nSPS) is 12.6. The number of amides is 1. The second kappa shape index (κ2) is 6.48. The zero-order chi connectivity index (χ0) is 13.8. The lowest BCUT2D eigenvalue weighted by molar-refractivity contribution is -0.115. The molecule has 0 saturated heterocycles. The number of nitrogens with one attached hydrogen (secondary N) is 1. The quantitative estimate of drug-likeness (QED) is 0.814. The number of rotatable bonds is 5. The number of thiazole rings is 1. The van der Waals surface area contributed by atoms with Crippen molar-refractivity contribution < 1.29 is 4.79 Å². The van der Waals surface area contributed by atoms with Crippen LogP contribution in [0.15, 0.2) is 18.2 Å². The highest BCUT2D eigenvalue weighted by atomic mass is 79.9. The van der Waals surface area contributed by atoms with Crippen LogP contribution in [-0.4, -0.2) is 15.7 Å². The van der Waals surface area contributed by atoms with E-state index in [1.165, 1.54) is 16.9 Å². The maximum Gasteiger partial charge on any atom is 0.239 e. The van der Waals surface area contributed by atoms with Gasteiger partial charge in [-0.15, -0.1) is 0 Å². The van der Waals surface area contributed by atoms with Crippen molar-refractivity contribution in [3.8, 4) is 0 Å². The Morgan fingerprint density at radius 1 is 1.53 bits per heavy atom. The molecule has 1 atom stereocenters. The van der Waals surface area contributed by atoms with Crippen molar-refractivity contribution in [2.45, 2.75) is 37.9 Å². The van der Waals surface area contributed by atoms with Crippen LogP contribution >= 0.6 is 27.3 Å². The van der Waals surface area contributed by atoms with Crippen LogP contribution in [0.4, 0.5) is 5.13 Å². The third kappa shape index (κ3) is 3.76. The van der Waals surface area contributed by atoms with E-state index in [0.717, 1.165) is 29.5 Å². The minimum Gasteiger partial charge on any atom is -0.301 e. The molecule has 2 aromatic rings. The number of carbonyl (C=O) groups is 1. The van der Waals surface area contributed by atoms with Gasteiger partial charge in [0, 0.05) is 0 Å². The van der Waals surface area contributed by atoms with E-state index >= 15 is 0 Å². The van der Waals surface area contributed by atoms with E-state index < -0.39 is 0 Å². The number of unbranched alkanes of at least 4 members (excludes halogenated alkanes) is 1. The fourth-order valence-corrected chi connectivity index (χ4v) is 3.19. The van der Waals surface area contributed by atoms with Gasteiger partial charge in [-0.05, 0) is 31.0 Å². The molecule has 1 heterocycles. The van der Waals surface area contributed by atoms with E-state index in [-0.39, 0.29) is 10.7 Å². The summed E-state index contributed by atoms with van der Waals surface area (Å²) in [5.41, 5.74) is 2.14. The Hall–Kier alpha value is -0.940. The molecule has 0 spiro atoms. The predicted octanol–water partition coefficient (Wildman–Crippen LogP) is 4.50. The molecule has 1 N–H and O–H groups in total. The molecule has 19 heavy (non-hydrogen) atoms. The van der Waals surface area contributed by atoms with E-state index in [0.29, 0.717) is 5.13 Å². The smallest absolute Gasteiger partial charge is 0.239 e. The van der Waals surface area contributed by atoms with Gasteiger partial charge in [-0.1, -0.05) is 53.1 Å². The summed E-state index contributed by atoms with van der Waals surface area (Å²) < 4.78 is 1.11. The van der Waals surface area contributed by atoms with Gasteiger partial charge >= 0.3 is 0 Å². The van der Waals surface area contributed by atoms with E-state index in [1.54, 1.807) is 0 Å². The van der Waals surface area contributed by atoms with Gasteiger partial charge in [-0.3, -0.25) is 4.79 Å². The molecule has 0 saturated carbocycles. The van der Waals surface area contributed by atoms with Gasteiger partial charge in [-0.25, -0.2) is 4.98 Å². The largest absolute Gasteiger partial charge is 0.301 e. The number of halogens is 1. The zero-order valence-corrected chi connectivity index (χ0v) is 13.5. The Labute approximate surface area is 125 Å². The first-order valence-corrected chi connectivity index (χ1v) is 8.15. The lowest BCUT2D eigenvalue weighted by Gasteiger charge is -2.07. The first-order chi connectivity index (χ1) is 9.10. The second-order valence-corrected chi connectivity index (χ2v) is 6.73. The number of aryl methyl sites for hydroxylation is 1. The van der Waals surface area contributed by atoms with Crippen LogP contribution in [0.2, 0.25) is 0 Å². The number of alkyl halides is 1. The number of benzene rings is 1. The topological polar surface area (TPSA) is 42.0 Å². The summed E-state index contributed by atoms with van der Waals surface area (Å²) in [5.74, 6) is -0.00997. The highest BCUT2D eigenvalue weighted by Gasteiger charge is 2.16. The Morgan fingerprint density at radius 2 is 2.32 bits per heavy atom. The molecule has 5 heteroatoms. The molecular weight excluding hydrogens is 324 g/mol. The van der Waals surface area contributed by atoms with E-state index in [1.807, 2.05) is 12.1 Å². The van der Waals surface area contributed by atoms with Gasteiger partial charge in [0.15, 0.2) is 5.13 Å². The minimum atomic E-state index is -0.138. The third-order valence-electron chi connectivity index (χ3n) is 2.87. The molecule has 0 bridgehead atoms. The van der Waals surface area contributed by atoms with Gasteiger partial charge in [0.05, 0.1) is 15.0 Å². The molecule has 3 nitrogen and oxygen atoms in total. The molecule has 0 radical (unpaired) electrons. The van der Waals surface area contributed by atoms with E-state index in [4.69, 9.17) is 0 Å². The summed E-state index contributed by atoms with van der Waals surface area (Å²) in [6.45, 7) is 4.17. The summed E-state index contributed by atoms with van der Waals surface area (Å²) in [5, 5.41) is 3.55. The van der Waals surface area contributed by atoms with E-state index in [9.17, 15) is 4.79 Å². The average Bonchev–Trinajstić information content (AvgIpc) is 2.77. The Bertz CT molecular complexity index is 582. The molecule has 1 unspecified atom stereocenters. The summed E-state index contributed by atoms with van der Waals surface area (Å²) in [7, 11) is 0. The Balaban J connectivity index is 2.06. The molecule has 1 aromatic heterocycles.